The molecule has 142 valence electrons. The van der Waals surface area contributed by atoms with Crippen molar-refractivity contribution in [2.45, 2.75) is 24.3 Å². The van der Waals surface area contributed by atoms with Gasteiger partial charge in [0.25, 0.3) is 5.56 Å². The maximum atomic E-state index is 13.4. The van der Waals surface area contributed by atoms with Crippen LogP contribution in [0.1, 0.15) is 18.3 Å². The van der Waals surface area contributed by atoms with Crippen LogP contribution in [0.2, 0.25) is 5.15 Å². The number of rotatable bonds is 5. The van der Waals surface area contributed by atoms with Crippen molar-refractivity contribution in [3.05, 3.63) is 81.6 Å². The van der Waals surface area contributed by atoms with Gasteiger partial charge in [-0.25, -0.2) is 9.97 Å². The lowest BCUT2D eigenvalue weighted by molar-refractivity contribution is 0.803. The van der Waals surface area contributed by atoms with Gasteiger partial charge in [0.2, 0.25) is 0 Å². The number of imidazole rings is 1. The van der Waals surface area contributed by atoms with E-state index in [1.807, 2.05) is 60.1 Å². The SMILES string of the molecule is CCc1ccccc1-n1c(SCc2ncc(Cl)n2C)nc2ccccc2c1=O. The van der Waals surface area contributed by atoms with Crippen LogP contribution in [0.25, 0.3) is 16.6 Å². The fraction of sp³-hybridized carbons (Fsp3) is 0.190. The number of aromatic nitrogens is 4. The van der Waals surface area contributed by atoms with Gasteiger partial charge >= 0.3 is 0 Å². The molecule has 4 aromatic rings. The van der Waals surface area contributed by atoms with Crippen molar-refractivity contribution < 1.29 is 0 Å². The second-order valence-corrected chi connectivity index (χ2v) is 7.71. The number of halogens is 1. The molecule has 0 aliphatic heterocycles. The third-order valence-corrected chi connectivity index (χ3v) is 6.00. The van der Waals surface area contributed by atoms with Crippen molar-refractivity contribution in [2.24, 2.45) is 7.05 Å². The van der Waals surface area contributed by atoms with Crippen LogP contribution < -0.4 is 5.56 Å². The second kappa shape index (κ2) is 7.81. The first-order chi connectivity index (χ1) is 13.6. The summed E-state index contributed by atoms with van der Waals surface area (Å²) in [4.78, 5) is 22.5. The first kappa shape index (κ1) is 18.8. The molecule has 0 radical (unpaired) electrons. The van der Waals surface area contributed by atoms with Crippen molar-refractivity contribution in [1.29, 1.82) is 0 Å². The van der Waals surface area contributed by atoms with Crippen LogP contribution >= 0.6 is 23.4 Å². The van der Waals surface area contributed by atoms with Crippen LogP contribution in [0.4, 0.5) is 0 Å². The predicted octanol–water partition coefficient (Wildman–Crippen LogP) is 4.63. The fourth-order valence-electron chi connectivity index (χ4n) is 3.14. The van der Waals surface area contributed by atoms with Gasteiger partial charge in [-0.1, -0.05) is 60.6 Å². The first-order valence-corrected chi connectivity index (χ1v) is 10.4. The van der Waals surface area contributed by atoms with Gasteiger partial charge in [0.05, 0.1) is 28.5 Å². The predicted molar refractivity (Wildman–Crippen MR) is 114 cm³/mol. The number of nitrogens with zero attached hydrogens (tertiary/aromatic N) is 4. The quantitative estimate of drug-likeness (QED) is 0.355. The summed E-state index contributed by atoms with van der Waals surface area (Å²) in [6.07, 6.45) is 2.46. The summed E-state index contributed by atoms with van der Waals surface area (Å²) in [5.74, 6) is 1.38. The number of aryl methyl sites for hydroxylation is 1. The molecule has 4 rings (SSSR count). The second-order valence-electron chi connectivity index (χ2n) is 6.38. The summed E-state index contributed by atoms with van der Waals surface area (Å²) in [7, 11) is 1.87. The molecule has 28 heavy (non-hydrogen) atoms. The molecule has 0 bridgehead atoms. The summed E-state index contributed by atoms with van der Waals surface area (Å²) in [6.45, 7) is 2.08. The Morgan fingerprint density at radius 3 is 2.61 bits per heavy atom. The van der Waals surface area contributed by atoms with E-state index >= 15 is 0 Å². The van der Waals surface area contributed by atoms with Gasteiger partial charge < -0.3 is 4.57 Å². The van der Waals surface area contributed by atoms with Gasteiger partial charge in [-0.15, -0.1) is 0 Å². The van der Waals surface area contributed by atoms with Gasteiger partial charge in [0, 0.05) is 7.05 Å². The van der Waals surface area contributed by atoms with Crippen molar-refractivity contribution in [1.82, 2.24) is 19.1 Å². The Morgan fingerprint density at radius 1 is 1.11 bits per heavy atom. The molecule has 0 fully saturated rings. The highest BCUT2D eigenvalue weighted by atomic mass is 35.5. The topological polar surface area (TPSA) is 52.7 Å². The Balaban J connectivity index is 1.88. The highest BCUT2D eigenvalue weighted by Gasteiger charge is 2.16. The summed E-state index contributed by atoms with van der Waals surface area (Å²) in [5.41, 5.74) is 2.60. The molecule has 7 heteroatoms. The minimum Gasteiger partial charge on any atom is -0.322 e. The zero-order valence-corrected chi connectivity index (χ0v) is 17.2. The lowest BCUT2D eigenvalue weighted by Gasteiger charge is -2.16. The van der Waals surface area contributed by atoms with Crippen molar-refractivity contribution in [3.63, 3.8) is 0 Å². The zero-order chi connectivity index (χ0) is 19.7. The first-order valence-electron chi connectivity index (χ1n) is 8.99. The summed E-state index contributed by atoms with van der Waals surface area (Å²) < 4.78 is 3.55. The molecular formula is C21H19ClN4OS. The number of fused-ring (bicyclic) bond motifs is 1. The Morgan fingerprint density at radius 2 is 1.86 bits per heavy atom. The fourth-order valence-corrected chi connectivity index (χ4v) is 4.28. The van der Waals surface area contributed by atoms with Gasteiger partial charge in [0.1, 0.15) is 11.0 Å². The summed E-state index contributed by atoms with van der Waals surface area (Å²) in [6, 6.07) is 15.4. The molecule has 0 saturated carbocycles. The van der Waals surface area contributed by atoms with Crippen LogP contribution in [0, 0.1) is 0 Å². The van der Waals surface area contributed by atoms with Crippen LogP contribution in [-0.4, -0.2) is 19.1 Å². The smallest absolute Gasteiger partial charge is 0.266 e. The van der Waals surface area contributed by atoms with Crippen LogP contribution in [0.5, 0.6) is 0 Å². The van der Waals surface area contributed by atoms with Gasteiger partial charge in [-0.3, -0.25) is 9.36 Å². The molecule has 2 aromatic heterocycles. The normalized spacial score (nSPS) is 11.2. The van der Waals surface area contributed by atoms with E-state index in [1.165, 1.54) is 11.8 Å². The standard InChI is InChI=1S/C21H19ClN4OS/c1-3-14-8-4-7-11-17(14)26-20(27)15-9-5-6-10-16(15)24-21(26)28-13-19-23-12-18(22)25(19)2/h4-12H,3,13H2,1-2H3. The van der Waals surface area contributed by atoms with E-state index < -0.39 is 0 Å². The van der Waals surface area contributed by atoms with Gasteiger partial charge in [-0.05, 0) is 30.2 Å². The Hall–Kier alpha value is -2.57. The number of benzene rings is 2. The Kier molecular flexibility index (Phi) is 5.24. The van der Waals surface area contributed by atoms with Gasteiger partial charge in [-0.2, -0.15) is 0 Å². The highest BCUT2D eigenvalue weighted by molar-refractivity contribution is 7.98. The van der Waals surface area contributed by atoms with Crippen molar-refractivity contribution in [3.8, 4) is 5.69 Å². The van der Waals surface area contributed by atoms with Crippen LogP contribution in [0.3, 0.4) is 0 Å². The third-order valence-electron chi connectivity index (χ3n) is 4.72. The lowest BCUT2D eigenvalue weighted by Crippen LogP contribution is -2.22. The molecule has 0 atom stereocenters. The zero-order valence-electron chi connectivity index (χ0n) is 15.6. The van der Waals surface area contributed by atoms with E-state index in [0.29, 0.717) is 27.0 Å². The molecule has 0 amide bonds. The maximum absolute atomic E-state index is 13.4. The largest absolute Gasteiger partial charge is 0.322 e. The van der Waals surface area contributed by atoms with E-state index in [0.717, 1.165) is 23.5 Å². The average Bonchev–Trinajstić information content (AvgIpc) is 3.04. The molecule has 2 aromatic carbocycles. The van der Waals surface area contributed by atoms with E-state index in [4.69, 9.17) is 16.6 Å². The van der Waals surface area contributed by atoms with E-state index in [2.05, 4.69) is 11.9 Å². The van der Waals surface area contributed by atoms with E-state index in [9.17, 15) is 4.79 Å². The number of para-hydroxylation sites is 2. The molecule has 0 aliphatic carbocycles. The number of hydrogen-bond acceptors (Lipinski definition) is 4. The number of hydrogen-bond donors (Lipinski definition) is 0. The van der Waals surface area contributed by atoms with E-state index in [1.54, 1.807) is 10.8 Å². The summed E-state index contributed by atoms with van der Waals surface area (Å²) in [5, 5.41) is 1.83. The number of thioether (sulfide) groups is 1. The van der Waals surface area contributed by atoms with Gasteiger partial charge in [0.15, 0.2) is 5.16 Å². The molecule has 5 nitrogen and oxygen atoms in total. The Bertz CT molecular complexity index is 1210. The van der Waals surface area contributed by atoms with Crippen molar-refractivity contribution >= 4 is 34.3 Å². The molecule has 0 aliphatic rings. The van der Waals surface area contributed by atoms with Crippen LogP contribution in [-0.2, 0) is 19.2 Å². The molecule has 0 unspecified atom stereocenters. The monoisotopic (exact) mass is 410 g/mol. The highest BCUT2D eigenvalue weighted by Crippen LogP contribution is 2.26. The van der Waals surface area contributed by atoms with Crippen LogP contribution in [0.15, 0.2) is 64.7 Å². The molecule has 0 N–H and O–H groups in total. The Labute approximate surface area is 172 Å². The average molecular weight is 411 g/mol. The van der Waals surface area contributed by atoms with E-state index in [-0.39, 0.29) is 5.56 Å². The molecule has 0 saturated heterocycles. The summed E-state index contributed by atoms with van der Waals surface area (Å²) >= 11 is 7.58. The molecule has 0 spiro atoms. The van der Waals surface area contributed by atoms with Crippen molar-refractivity contribution in [2.75, 3.05) is 0 Å². The molecular weight excluding hydrogens is 392 g/mol. The minimum atomic E-state index is -0.0631. The third kappa shape index (κ3) is 3.34. The lowest BCUT2D eigenvalue weighted by atomic mass is 10.1. The molecule has 2 heterocycles. The minimum absolute atomic E-state index is 0.0631. The maximum Gasteiger partial charge on any atom is 0.266 e.